The van der Waals surface area contributed by atoms with Gasteiger partial charge in [0.25, 0.3) is 0 Å². The Balaban J connectivity index is 1.57. The van der Waals surface area contributed by atoms with E-state index >= 15 is 0 Å². The summed E-state index contributed by atoms with van der Waals surface area (Å²) in [5.41, 5.74) is 9.90. The molecule has 2 heterocycles. The molecular weight excluding hydrogens is 442 g/mol. The standard InChI is InChI=1S/C33H33NS/c1-32(2,3)26-18-25(19-27(20-26)33(4,5)6)31-21-29-30(35-31)16-15-28(34-29)24-14-10-13-23(17-24)22-11-8-7-9-12-22/h7-21H,1-6H3. The zero-order valence-electron chi connectivity index (χ0n) is 21.5. The van der Waals surface area contributed by atoms with E-state index in [1.165, 1.54) is 37.4 Å². The van der Waals surface area contributed by atoms with Gasteiger partial charge in [-0.3, -0.25) is 0 Å². The fourth-order valence-electron chi connectivity index (χ4n) is 4.35. The molecular formula is C33H33NS. The summed E-state index contributed by atoms with van der Waals surface area (Å²) in [5, 5.41) is 0. The van der Waals surface area contributed by atoms with Gasteiger partial charge in [0, 0.05) is 10.4 Å². The molecule has 35 heavy (non-hydrogen) atoms. The number of fused-ring (bicyclic) bond motifs is 1. The lowest BCUT2D eigenvalue weighted by Crippen LogP contribution is -2.16. The highest BCUT2D eigenvalue weighted by molar-refractivity contribution is 7.22. The summed E-state index contributed by atoms with van der Waals surface area (Å²) >= 11 is 1.83. The molecule has 0 fully saturated rings. The van der Waals surface area contributed by atoms with Gasteiger partial charge < -0.3 is 0 Å². The van der Waals surface area contributed by atoms with Crippen molar-refractivity contribution in [3.05, 3.63) is 102 Å². The number of hydrogen-bond donors (Lipinski definition) is 0. The first-order valence-corrected chi connectivity index (χ1v) is 13.1. The van der Waals surface area contributed by atoms with Crippen molar-refractivity contribution in [3.63, 3.8) is 0 Å². The number of hydrogen-bond acceptors (Lipinski definition) is 2. The molecule has 3 aromatic carbocycles. The number of nitrogens with zero attached hydrogens (tertiary/aromatic N) is 1. The normalized spacial score (nSPS) is 12.3. The molecule has 5 rings (SSSR count). The van der Waals surface area contributed by atoms with Gasteiger partial charge in [0.05, 0.1) is 15.9 Å². The fraction of sp³-hybridized carbons (Fsp3) is 0.242. The van der Waals surface area contributed by atoms with Crippen LogP contribution in [-0.2, 0) is 10.8 Å². The lowest BCUT2D eigenvalue weighted by Gasteiger charge is -2.26. The van der Waals surface area contributed by atoms with Gasteiger partial charge in [-0.1, -0.05) is 96.1 Å². The predicted octanol–water partition coefficient (Wildman–Crippen LogP) is 9.89. The van der Waals surface area contributed by atoms with Gasteiger partial charge in [0.1, 0.15) is 0 Å². The van der Waals surface area contributed by atoms with E-state index in [2.05, 4.69) is 133 Å². The fourth-order valence-corrected chi connectivity index (χ4v) is 5.34. The Morgan fingerprint density at radius 1 is 0.543 bits per heavy atom. The second kappa shape index (κ2) is 8.77. The van der Waals surface area contributed by atoms with Crippen LogP contribution in [0.25, 0.3) is 43.0 Å². The van der Waals surface area contributed by atoms with Gasteiger partial charge >= 0.3 is 0 Å². The molecule has 0 aliphatic heterocycles. The van der Waals surface area contributed by atoms with Crippen LogP contribution in [0, 0.1) is 0 Å². The number of rotatable bonds is 3. The number of aromatic nitrogens is 1. The SMILES string of the molecule is CC(C)(C)c1cc(-c2cc3nc(-c4cccc(-c5ccccc5)c4)ccc3s2)cc(C(C)(C)C)c1. The smallest absolute Gasteiger partial charge is 0.0823 e. The third-order valence-electron chi connectivity index (χ3n) is 6.59. The highest BCUT2D eigenvalue weighted by atomic mass is 32.1. The maximum Gasteiger partial charge on any atom is 0.0823 e. The summed E-state index contributed by atoms with van der Waals surface area (Å²) < 4.78 is 1.22. The molecule has 0 unspecified atom stereocenters. The van der Waals surface area contributed by atoms with Crippen molar-refractivity contribution in [2.75, 3.05) is 0 Å². The number of benzene rings is 3. The van der Waals surface area contributed by atoms with Crippen molar-refractivity contribution in [2.45, 2.75) is 52.4 Å². The molecule has 0 N–H and O–H groups in total. The number of thiophene rings is 1. The molecule has 5 aromatic rings. The van der Waals surface area contributed by atoms with Crippen LogP contribution in [-0.4, -0.2) is 4.98 Å². The van der Waals surface area contributed by atoms with Crippen LogP contribution in [0.2, 0.25) is 0 Å². The molecule has 2 aromatic heterocycles. The molecule has 176 valence electrons. The van der Waals surface area contributed by atoms with E-state index in [1.807, 2.05) is 11.3 Å². The minimum atomic E-state index is 0.0991. The van der Waals surface area contributed by atoms with E-state index in [1.54, 1.807) is 0 Å². The van der Waals surface area contributed by atoms with E-state index in [4.69, 9.17) is 4.98 Å². The highest BCUT2D eigenvalue weighted by Gasteiger charge is 2.21. The Morgan fingerprint density at radius 3 is 1.83 bits per heavy atom. The van der Waals surface area contributed by atoms with Gasteiger partial charge in [-0.2, -0.15) is 0 Å². The van der Waals surface area contributed by atoms with Crippen LogP contribution in [0.4, 0.5) is 0 Å². The summed E-state index contributed by atoms with van der Waals surface area (Å²) in [7, 11) is 0. The zero-order chi connectivity index (χ0) is 24.8. The first kappa shape index (κ1) is 23.5. The summed E-state index contributed by atoms with van der Waals surface area (Å²) in [4.78, 5) is 6.36. The molecule has 0 amide bonds. The molecule has 0 saturated carbocycles. The Labute approximate surface area is 213 Å². The molecule has 0 atom stereocenters. The third kappa shape index (κ3) is 4.94. The van der Waals surface area contributed by atoms with Gasteiger partial charge in [0.2, 0.25) is 0 Å². The van der Waals surface area contributed by atoms with E-state index in [9.17, 15) is 0 Å². The van der Waals surface area contributed by atoms with Crippen LogP contribution in [0.15, 0.2) is 91.0 Å². The largest absolute Gasteiger partial charge is 0.247 e. The molecule has 1 nitrogen and oxygen atoms in total. The van der Waals surface area contributed by atoms with E-state index in [0.29, 0.717) is 0 Å². The maximum absolute atomic E-state index is 5.08. The van der Waals surface area contributed by atoms with Crippen molar-refractivity contribution in [1.29, 1.82) is 0 Å². The Bertz CT molecular complexity index is 1460. The van der Waals surface area contributed by atoms with Crippen LogP contribution in [0.5, 0.6) is 0 Å². The van der Waals surface area contributed by atoms with Crippen molar-refractivity contribution in [2.24, 2.45) is 0 Å². The second-order valence-corrected chi connectivity index (χ2v) is 12.5. The van der Waals surface area contributed by atoms with E-state index in [0.717, 1.165) is 16.8 Å². The first-order valence-electron chi connectivity index (χ1n) is 12.3. The Hall–Kier alpha value is -3.23. The molecule has 0 aliphatic rings. The summed E-state index contributed by atoms with van der Waals surface area (Å²) in [6.07, 6.45) is 0. The number of pyridine rings is 1. The van der Waals surface area contributed by atoms with Gasteiger partial charge in [-0.25, -0.2) is 4.98 Å². The predicted molar refractivity (Wildman–Crippen MR) is 153 cm³/mol. The Kier molecular flexibility index (Phi) is 5.89. The van der Waals surface area contributed by atoms with Crippen molar-refractivity contribution in [3.8, 4) is 32.8 Å². The van der Waals surface area contributed by atoms with Gasteiger partial charge in [-0.15, -0.1) is 11.3 Å². The van der Waals surface area contributed by atoms with Crippen LogP contribution >= 0.6 is 11.3 Å². The lowest BCUT2D eigenvalue weighted by molar-refractivity contribution is 0.569. The van der Waals surface area contributed by atoms with Gasteiger partial charge in [0.15, 0.2) is 0 Å². The second-order valence-electron chi connectivity index (χ2n) is 11.4. The van der Waals surface area contributed by atoms with Crippen LogP contribution < -0.4 is 0 Å². The van der Waals surface area contributed by atoms with Crippen molar-refractivity contribution >= 4 is 21.6 Å². The molecule has 0 radical (unpaired) electrons. The maximum atomic E-state index is 5.08. The van der Waals surface area contributed by atoms with E-state index in [-0.39, 0.29) is 10.8 Å². The Morgan fingerprint density at radius 2 is 1.17 bits per heavy atom. The summed E-state index contributed by atoms with van der Waals surface area (Å²) in [6.45, 7) is 13.8. The van der Waals surface area contributed by atoms with Crippen molar-refractivity contribution in [1.82, 2.24) is 4.98 Å². The quantitative estimate of drug-likeness (QED) is 0.253. The first-order chi connectivity index (χ1) is 16.6. The van der Waals surface area contributed by atoms with Gasteiger partial charge in [-0.05, 0) is 75.0 Å². The average molecular weight is 476 g/mol. The van der Waals surface area contributed by atoms with Crippen molar-refractivity contribution < 1.29 is 0 Å². The minimum Gasteiger partial charge on any atom is -0.247 e. The molecule has 0 aliphatic carbocycles. The topological polar surface area (TPSA) is 12.9 Å². The molecule has 0 saturated heterocycles. The summed E-state index contributed by atoms with van der Waals surface area (Å²) in [5.74, 6) is 0. The van der Waals surface area contributed by atoms with E-state index < -0.39 is 0 Å². The monoisotopic (exact) mass is 475 g/mol. The molecule has 0 bridgehead atoms. The van der Waals surface area contributed by atoms with Crippen LogP contribution in [0.1, 0.15) is 52.7 Å². The third-order valence-corrected chi connectivity index (χ3v) is 7.73. The molecule has 2 heteroatoms. The highest BCUT2D eigenvalue weighted by Crippen LogP contribution is 2.39. The lowest BCUT2D eigenvalue weighted by atomic mass is 9.79. The average Bonchev–Trinajstić information content (AvgIpc) is 3.27. The molecule has 0 spiro atoms. The zero-order valence-corrected chi connectivity index (χ0v) is 22.3. The minimum absolute atomic E-state index is 0.0991. The summed E-state index contributed by atoms with van der Waals surface area (Å²) in [6, 6.07) is 32.9. The van der Waals surface area contributed by atoms with Crippen LogP contribution in [0.3, 0.4) is 0 Å².